The number of benzene rings is 1. The molecule has 0 spiro atoms. The fraction of sp³-hybridized carbons (Fsp3) is 0.474. The second-order valence-electron chi connectivity index (χ2n) is 6.99. The molecule has 2 N–H and O–H groups in total. The summed E-state index contributed by atoms with van der Waals surface area (Å²) >= 11 is 0. The SMILES string of the molecule is O=C(COC(=O)C1C[C@H]2CCC[C@@H](C1)C2=O)NC(=O)Nc1ccccc1F. The highest BCUT2D eigenvalue weighted by molar-refractivity contribution is 6.02. The number of carbonyl (C=O) groups excluding carboxylic acids is 4. The molecule has 7 nitrogen and oxygen atoms in total. The van der Waals surface area contributed by atoms with Gasteiger partial charge in [0.15, 0.2) is 6.61 Å². The number of Topliss-reactive ketones (excluding diaryl/α,β-unsaturated/α-hetero) is 1. The van der Waals surface area contributed by atoms with Crippen LogP contribution in [0.2, 0.25) is 0 Å². The van der Waals surface area contributed by atoms with Gasteiger partial charge in [0, 0.05) is 11.8 Å². The molecule has 0 heterocycles. The maximum atomic E-state index is 13.5. The Balaban J connectivity index is 1.43. The lowest BCUT2D eigenvalue weighted by atomic mass is 9.67. The summed E-state index contributed by atoms with van der Waals surface area (Å²) in [6, 6.07) is 4.60. The first-order chi connectivity index (χ1) is 12.9. The maximum Gasteiger partial charge on any atom is 0.326 e. The summed E-state index contributed by atoms with van der Waals surface area (Å²) in [5.74, 6) is -2.30. The Morgan fingerprint density at radius 2 is 1.78 bits per heavy atom. The molecule has 8 heteroatoms. The molecule has 0 saturated heterocycles. The van der Waals surface area contributed by atoms with Gasteiger partial charge in [-0.2, -0.15) is 0 Å². The summed E-state index contributed by atoms with van der Waals surface area (Å²) in [4.78, 5) is 47.7. The molecule has 3 atom stereocenters. The highest BCUT2D eigenvalue weighted by Gasteiger charge is 2.41. The van der Waals surface area contributed by atoms with E-state index in [1.54, 1.807) is 0 Å². The summed E-state index contributed by atoms with van der Waals surface area (Å²) in [7, 11) is 0. The molecule has 0 aliphatic heterocycles. The van der Waals surface area contributed by atoms with E-state index in [-0.39, 0.29) is 23.3 Å². The highest BCUT2D eigenvalue weighted by atomic mass is 19.1. The third kappa shape index (κ3) is 4.69. The van der Waals surface area contributed by atoms with Crippen LogP contribution in [0.25, 0.3) is 0 Å². The van der Waals surface area contributed by atoms with Gasteiger partial charge in [0.05, 0.1) is 11.6 Å². The molecule has 1 aromatic rings. The topological polar surface area (TPSA) is 102 Å². The van der Waals surface area contributed by atoms with Crippen LogP contribution in [0.5, 0.6) is 0 Å². The standard InChI is InChI=1S/C19H21FN2O5/c20-14-6-1-2-7-15(14)21-19(26)22-16(23)10-27-18(25)13-8-11-4-3-5-12(9-13)17(11)24/h1-2,6-7,11-13H,3-5,8-10H2,(H2,21,22,23,26)/t11-,12+,13?. The summed E-state index contributed by atoms with van der Waals surface area (Å²) in [6.07, 6.45) is 3.53. The summed E-state index contributed by atoms with van der Waals surface area (Å²) in [5.41, 5.74) is -0.0711. The zero-order valence-electron chi connectivity index (χ0n) is 14.7. The van der Waals surface area contributed by atoms with Gasteiger partial charge in [-0.25, -0.2) is 9.18 Å². The van der Waals surface area contributed by atoms with Crippen molar-refractivity contribution in [2.45, 2.75) is 32.1 Å². The number of amides is 3. The van der Waals surface area contributed by atoms with Crippen molar-refractivity contribution in [3.63, 3.8) is 0 Å². The van der Waals surface area contributed by atoms with E-state index in [1.165, 1.54) is 24.3 Å². The van der Waals surface area contributed by atoms with Gasteiger partial charge in [0.1, 0.15) is 11.6 Å². The van der Waals surface area contributed by atoms with Gasteiger partial charge in [-0.15, -0.1) is 0 Å². The number of ether oxygens (including phenoxy) is 1. The molecule has 3 rings (SSSR count). The normalized spacial score (nSPS) is 24.0. The van der Waals surface area contributed by atoms with Crippen LogP contribution in [0.1, 0.15) is 32.1 Å². The Kier molecular flexibility index (Phi) is 5.83. The molecule has 2 fully saturated rings. The molecule has 0 aromatic heterocycles. The monoisotopic (exact) mass is 376 g/mol. The molecular formula is C19H21FN2O5. The largest absolute Gasteiger partial charge is 0.455 e. The Bertz CT molecular complexity index is 750. The zero-order chi connectivity index (χ0) is 19.4. The van der Waals surface area contributed by atoms with E-state index in [4.69, 9.17) is 4.74 Å². The molecule has 27 heavy (non-hydrogen) atoms. The van der Waals surface area contributed by atoms with E-state index >= 15 is 0 Å². The number of fused-ring (bicyclic) bond motifs is 2. The Hall–Kier alpha value is -2.77. The highest BCUT2D eigenvalue weighted by Crippen LogP contribution is 2.40. The molecular weight excluding hydrogens is 355 g/mol. The van der Waals surface area contributed by atoms with Crippen molar-refractivity contribution in [1.82, 2.24) is 5.32 Å². The first kappa shape index (κ1) is 19.0. The van der Waals surface area contributed by atoms with Crippen LogP contribution in [-0.2, 0) is 19.1 Å². The average Bonchev–Trinajstić information content (AvgIpc) is 2.61. The van der Waals surface area contributed by atoms with Gasteiger partial charge < -0.3 is 10.1 Å². The first-order valence-corrected chi connectivity index (χ1v) is 8.99. The third-order valence-corrected chi connectivity index (χ3v) is 5.10. The van der Waals surface area contributed by atoms with Crippen LogP contribution in [0, 0.1) is 23.6 Å². The van der Waals surface area contributed by atoms with E-state index in [0.29, 0.717) is 12.8 Å². The molecule has 1 aromatic carbocycles. The summed E-state index contributed by atoms with van der Waals surface area (Å²) in [6.45, 7) is -0.608. The van der Waals surface area contributed by atoms with Crippen molar-refractivity contribution in [2.24, 2.45) is 17.8 Å². The van der Waals surface area contributed by atoms with Gasteiger partial charge in [-0.05, 0) is 37.8 Å². The quantitative estimate of drug-likeness (QED) is 0.786. The second-order valence-corrected chi connectivity index (χ2v) is 6.99. The minimum atomic E-state index is -0.918. The lowest BCUT2D eigenvalue weighted by Crippen LogP contribution is -2.41. The zero-order valence-corrected chi connectivity index (χ0v) is 14.7. The predicted molar refractivity (Wildman–Crippen MR) is 93.1 cm³/mol. The van der Waals surface area contributed by atoms with Crippen LogP contribution in [0.3, 0.4) is 0 Å². The van der Waals surface area contributed by atoms with E-state index < -0.39 is 36.2 Å². The molecule has 2 saturated carbocycles. The Morgan fingerprint density at radius 3 is 2.44 bits per heavy atom. The number of para-hydroxylation sites is 1. The Labute approximate surface area is 155 Å². The number of urea groups is 1. The number of hydrogen-bond donors (Lipinski definition) is 2. The molecule has 2 bridgehead atoms. The van der Waals surface area contributed by atoms with Gasteiger partial charge in [-0.1, -0.05) is 18.6 Å². The number of esters is 1. The van der Waals surface area contributed by atoms with Crippen molar-refractivity contribution in [2.75, 3.05) is 11.9 Å². The predicted octanol–water partition coefficient (Wildman–Crippen LogP) is 2.41. The van der Waals surface area contributed by atoms with E-state index in [2.05, 4.69) is 5.32 Å². The number of rotatable bonds is 4. The minimum absolute atomic E-state index is 0.0711. The molecule has 2 aliphatic carbocycles. The van der Waals surface area contributed by atoms with E-state index in [0.717, 1.165) is 19.3 Å². The fourth-order valence-corrected chi connectivity index (χ4v) is 3.81. The minimum Gasteiger partial charge on any atom is -0.455 e. The lowest BCUT2D eigenvalue weighted by Gasteiger charge is -2.36. The van der Waals surface area contributed by atoms with Gasteiger partial charge in [0.2, 0.25) is 0 Å². The first-order valence-electron chi connectivity index (χ1n) is 8.99. The van der Waals surface area contributed by atoms with Crippen molar-refractivity contribution in [1.29, 1.82) is 0 Å². The van der Waals surface area contributed by atoms with Crippen molar-refractivity contribution >= 4 is 29.4 Å². The number of ketones is 1. The van der Waals surface area contributed by atoms with E-state index in [1.807, 2.05) is 5.32 Å². The van der Waals surface area contributed by atoms with Crippen molar-refractivity contribution < 1.29 is 28.3 Å². The van der Waals surface area contributed by atoms with Crippen LogP contribution in [-0.4, -0.2) is 30.3 Å². The molecule has 0 radical (unpaired) electrons. The summed E-state index contributed by atoms with van der Waals surface area (Å²) < 4.78 is 18.5. The summed E-state index contributed by atoms with van der Waals surface area (Å²) in [5, 5.41) is 4.17. The van der Waals surface area contributed by atoms with E-state index in [9.17, 15) is 23.6 Å². The smallest absolute Gasteiger partial charge is 0.326 e. The van der Waals surface area contributed by atoms with Crippen LogP contribution in [0.4, 0.5) is 14.9 Å². The Morgan fingerprint density at radius 1 is 1.11 bits per heavy atom. The molecule has 3 amide bonds. The second kappa shape index (κ2) is 8.28. The van der Waals surface area contributed by atoms with Crippen LogP contribution < -0.4 is 10.6 Å². The molecule has 144 valence electrons. The number of imide groups is 1. The van der Waals surface area contributed by atoms with Crippen LogP contribution in [0.15, 0.2) is 24.3 Å². The fourth-order valence-electron chi connectivity index (χ4n) is 3.81. The van der Waals surface area contributed by atoms with Gasteiger partial charge in [0.25, 0.3) is 5.91 Å². The maximum absolute atomic E-state index is 13.5. The number of halogens is 1. The third-order valence-electron chi connectivity index (χ3n) is 5.10. The number of anilines is 1. The van der Waals surface area contributed by atoms with Gasteiger partial charge >= 0.3 is 12.0 Å². The number of hydrogen-bond acceptors (Lipinski definition) is 5. The van der Waals surface area contributed by atoms with Gasteiger partial charge in [-0.3, -0.25) is 19.7 Å². The number of carbonyl (C=O) groups is 4. The molecule has 2 aliphatic rings. The lowest BCUT2D eigenvalue weighted by molar-refractivity contribution is -0.156. The molecule has 1 unspecified atom stereocenters. The van der Waals surface area contributed by atoms with Crippen LogP contribution >= 0.6 is 0 Å². The number of nitrogens with one attached hydrogen (secondary N) is 2. The van der Waals surface area contributed by atoms with Crippen molar-refractivity contribution in [3.05, 3.63) is 30.1 Å². The van der Waals surface area contributed by atoms with Crippen molar-refractivity contribution in [3.8, 4) is 0 Å². The average molecular weight is 376 g/mol.